The second-order valence-electron chi connectivity index (χ2n) is 9.39. The van der Waals surface area contributed by atoms with E-state index in [1.807, 2.05) is 19.9 Å². The minimum Gasteiger partial charge on any atom is -0.458 e. The molecule has 2 bridgehead atoms. The van der Waals surface area contributed by atoms with Crippen LogP contribution in [0.5, 0.6) is 0 Å². The van der Waals surface area contributed by atoms with E-state index in [2.05, 4.69) is 13.5 Å². The van der Waals surface area contributed by atoms with Crippen molar-refractivity contribution < 1.29 is 19.4 Å². The quantitative estimate of drug-likeness (QED) is 0.592. The molecular weight excluding hydrogens is 304 g/mol. The van der Waals surface area contributed by atoms with Crippen molar-refractivity contribution in [3.63, 3.8) is 0 Å². The van der Waals surface area contributed by atoms with Crippen molar-refractivity contribution in [2.45, 2.75) is 71.0 Å². The standard InChI is InChI=1S/C20H28O4/c1-5-17(2)10-12-13(21)9-14-18(3)7-6-8-20(14,24-16(18)23)19(12,4)15(22)11-17/h5,12,14-15,22H,1,6-11H2,2-4H3. The van der Waals surface area contributed by atoms with E-state index in [-0.39, 0.29) is 29.0 Å². The molecule has 0 spiro atoms. The van der Waals surface area contributed by atoms with Crippen molar-refractivity contribution in [1.29, 1.82) is 0 Å². The number of hydrogen-bond acceptors (Lipinski definition) is 4. The van der Waals surface area contributed by atoms with E-state index in [1.54, 1.807) is 0 Å². The molecule has 4 rings (SSSR count). The van der Waals surface area contributed by atoms with Gasteiger partial charge in [-0.1, -0.05) is 19.9 Å². The molecule has 4 fully saturated rings. The number of esters is 1. The molecule has 0 aromatic carbocycles. The molecule has 4 heteroatoms. The van der Waals surface area contributed by atoms with Crippen molar-refractivity contribution in [3.8, 4) is 0 Å². The number of ether oxygens (including phenoxy) is 1. The average molecular weight is 332 g/mol. The molecular formula is C20H28O4. The molecule has 3 saturated carbocycles. The van der Waals surface area contributed by atoms with Crippen LogP contribution in [0.25, 0.3) is 0 Å². The lowest BCUT2D eigenvalue weighted by molar-refractivity contribution is -0.233. The molecule has 1 saturated heterocycles. The summed E-state index contributed by atoms with van der Waals surface area (Å²) < 4.78 is 6.10. The fourth-order valence-corrected chi connectivity index (χ4v) is 6.56. The van der Waals surface area contributed by atoms with Crippen LogP contribution in [-0.4, -0.2) is 28.6 Å². The van der Waals surface area contributed by atoms with Gasteiger partial charge in [-0.25, -0.2) is 0 Å². The van der Waals surface area contributed by atoms with Gasteiger partial charge in [-0.3, -0.25) is 9.59 Å². The Labute approximate surface area is 143 Å². The van der Waals surface area contributed by atoms with E-state index < -0.39 is 22.5 Å². The maximum atomic E-state index is 13.1. The van der Waals surface area contributed by atoms with Gasteiger partial charge in [0, 0.05) is 23.7 Å². The first-order valence-corrected chi connectivity index (χ1v) is 9.21. The molecule has 24 heavy (non-hydrogen) atoms. The van der Waals surface area contributed by atoms with E-state index >= 15 is 0 Å². The van der Waals surface area contributed by atoms with Crippen LogP contribution < -0.4 is 0 Å². The molecule has 7 unspecified atom stereocenters. The normalized spacial score (nSPS) is 56.2. The van der Waals surface area contributed by atoms with Crippen molar-refractivity contribution in [2.75, 3.05) is 0 Å². The average Bonchev–Trinajstić information content (AvgIpc) is 2.64. The summed E-state index contributed by atoms with van der Waals surface area (Å²) in [6.07, 6.45) is 5.33. The number of hydrogen-bond donors (Lipinski definition) is 1. The molecule has 0 aromatic heterocycles. The van der Waals surface area contributed by atoms with E-state index in [4.69, 9.17) is 4.74 Å². The molecule has 1 N–H and O–H groups in total. The van der Waals surface area contributed by atoms with Crippen molar-refractivity contribution in [2.24, 2.45) is 28.1 Å². The van der Waals surface area contributed by atoms with E-state index in [1.165, 1.54) is 0 Å². The van der Waals surface area contributed by atoms with Crippen LogP contribution in [0, 0.1) is 28.1 Å². The molecule has 4 nitrogen and oxygen atoms in total. The summed E-state index contributed by atoms with van der Waals surface area (Å²) in [5.41, 5.74) is -2.19. The molecule has 1 heterocycles. The van der Waals surface area contributed by atoms with Gasteiger partial charge >= 0.3 is 5.97 Å². The van der Waals surface area contributed by atoms with Gasteiger partial charge in [0.15, 0.2) is 0 Å². The third-order valence-corrected chi connectivity index (χ3v) is 8.26. The van der Waals surface area contributed by atoms with Gasteiger partial charge in [0.2, 0.25) is 0 Å². The van der Waals surface area contributed by atoms with Crippen LogP contribution >= 0.6 is 0 Å². The minimum absolute atomic E-state index is 0.0947. The number of fused-ring (bicyclic) bond motifs is 1. The maximum Gasteiger partial charge on any atom is 0.312 e. The van der Waals surface area contributed by atoms with Gasteiger partial charge in [0.25, 0.3) is 0 Å². The number of aliphatic hydroxyl groups is 1. The Kier molecular flexibility index (Phi) is 3.07. The van der Waals surface area contributed by atoms with Gasteiger partial charge < -0.3 is 9.84 Å². The Morgan fingerprint density at radius 1 is 1.21 bits per heavy atom. The van der Waals surface area contributed by atoms with Gasteiger partial charge in [0.05, 0.1) is 11.5 Å². The Morgan fingerprint density at radius 2 is 1.92 bits per heavy atom. The van der Waals surface area contributed by atoms with Crippen LogP contribution in [-0.2, 0) is 14.3 Å². The smallest absolute Gasteiger partial charge is 0.312 e. The fraction of sp³-hybridized carbons (Fsp3) is 0.800. The number of carbonyl (C=O) groups excluding carboxylic acids is 2. The first kappa shape index (κ1) is 16.3. The van der Waals surface area contributed by atoms with Crippen LogP contribution in [0.3, 0.4) is 0 Å². The summed E-state index contributed by atoms with van der Waals surface area (Å²) in [5, 5.41) is 11.2. The second-order valence-corrected chi connectivity index (χ2v) is 9.39. The molecule has 7 atom stereocenters. The zero-order valence-electron chi connectivity index (χ0n) is 14.9. The van der Waals surface area contributed by atoms with Gasteiger partial charge in [-0.2, -0.15) is 0 Å². The highest BCUT2D eigenvalue weighted by molar-refractivity contribution is 5.89. The molecule has 1 aliphatic heterocycles. The predicted molar refractivity (Wildman–Crippen MR) is 89.0 cm³/mol. The first-order valence-electron chi connectivity index (χ1n) is 9.21. The zero-order valence-corrected chi connectivity index (χ0v) is 14.9. The van der Waals surface area contributed by atoms with Gasteiger partial charge in [-0.15, -0.1) is 6.58 Å². The van der Waals surface area contributed by atoms with Crippen molar-refractivity contribution >= 4 is 11.8 Å². The maximum absolute atomic E-state index is 13.1. The van der Waals surface area contributed by atoms with E-state index in [0.717, 1.165) is 19.3 Å². The highest BCUT2D eigenvalue weighted by atomic mass is 16.6. The molecule has 132 valence electrons. The largest absolute Gasteiger partial charge is 0.458 e. The SMILES string of the molecule is C=CC1(C)CC(O)C2(C)C(C1)C(=O)CC1C3(C)CCCC12OC3=O. The lowest BCUT2D eigenvalue weighted by Gasteiger charge is -2.63. The number of carbonyl (C=O) groups is 2. The summed E-state index contributed by atoms with van der Waals surface area (Å²) in [7, 11) is 0. The molecule has 0 aromatic rings. The summed E-state index contributed by atoms with van der Waals surface area (Å²) in [4.78, 5) is 25.8. The molecule has 4 aliphatic rings. The fourth-order valence-electron chi connectivity index (χ4n) is 6.56. The number of ketones is 1. The molecule has 0 radical (unpaired) electrons. The van der Waals surface area contributed by atoms with Gasteiger partial charge in [-0.05, 0) is 44.4 Å². The Bertz CT molecular complexity index is 642. The number of rotatable bonds is 1. The summed E-state index contributed by atoms with van der Waals surface area (Å²) in [5.74, 6) is -0.336. The minimum atomic E-state index is -0.691. The number of aliphatic hydroxyl groups excluding tert-OH is 1. The lowest BCUT2D eigenvalue weighted by atomic mass is 9.41. The Hall–Kier alpha value is -1.16. The predicted octanol–water partition coefficient (Wildman–Crippen LogP) is 3.03. The number of allylic oxidation sites excluding steroid dienone is 1. The molecule has 0 amide bonds. The first-order chi connectivity index (χ1) is 11.1. The van der Waals surface area contributed by atoms with Gasteiger partial charge in [0.1, 0.15) is 11.4 Å². The van der Waals surface area contributed by atoms with Crippen molar-refractivity contribution in [1.82, 2.24) is 0 Å². The molecule has 3 aliphatic carbocycles. The van der Waals surface area contributed by atoms with E-state index in [9.17, 15) is 14.7 Å². The summed E-state index contributed by atoms with van der Waals surface area (Å²) in [6.45, 7) is 9.94. The van der Waals surface area contributed by atoms with E-state index in [0.29, 0.717) is 19.3 Å². The third-order valence-electron chi connectivity index (χ3n) is 8.26. The second kappa shape index (κ2) is 4.51. The monoisotopic (exact) mass is 332 g/mol. The highest BCUT2D eigenvalue weighted by Gasteiger charge is 2.77. The Morgan fingerprint density at radius 3 is 2.58 bits per heavy atom. The lowest BCUT2D eigenvalue weighted by Crippen LogP contribution is -2.69. The van der Waals surface area contributed by atoms with Crippen LogP contribution in [0.2, 0.25) is 0 Å². The summed E-state index contributed by atoms with van der Waals surface area (Å²) >= 11 is 0. The van der Waals surface area contributed by atoms with Crippen LogP contribution in [0.15, 0.2) is 12.7 Å². The van der Waals surface area contributed by atoms with Crippen LogP contribution in [0.1, 0.15) is 59.3 Å². The topological polar surface area (TPSA) is 63.6 Å². The zero-order chi connectivity index (χ0) is 17.5. The summed E-state index contributed by atoms with van der Waals surface area (Å²) in [6, 6.07) is 0. The number of Topliss-reactive ketones (excluding diaryl/α,β-unsaturated/α-hetero) is 1. The third kappa shape index (κ3) is 1.59. The van der Waals surface area contributed by atoms with Crippen LogP contribution in [0.4, 0.5) is 0 Å². The Balaban J connectivity index is 1.88. The highest BCUT2D eigenvalue weighted by Crippen LogP contribution is 2.70. The van der Waals surface area contributed by atoms with Crippen molar-refractivity contribution in [3.05, 3.63) is 12.7 Å².